The maximum Gasteiger partial charge on any atom is 0.306 e. The number of nitrogens with zero attached hydrogens (tertiary/aromatic N) is 1. The summed E-state index contributed by atoms with van der Waals surface area (Å²) in [5.41, 5.74) is -1.61. The molecule has 0 aliphatic rings. The van der Waals surface area contributed by atoms with Crippen LogP contribution in [-0.4, -0.2) is 63.8 Å². The molecule has 0 radical (unpaired) electrons. The monoisotopic (exact) mass is 403 g/mol. The number of aliphatic carboxylic acids is 1. The van der Waals surface area contributed by atoms with Crippen molar-refractivity contribution < 1.29 is 24.9 Å². The molecule has 0 bridgehead atoms. The van der Waals surface area contributed by atoms with Gasteiger partial charge in [0.1, 0.15) is 5.72 Å². The smallest absolute Gasteiger partial charge is 0.306 e. The van der Waals surface area contributed by atoms with Crippen molar-refractivity contribution in [2.24, 2.45) is 17.8 Å². The number of hydrogen-bond donors (Lipinski definition) is 3. The van der Waals surface area contributed by atoms with Crippen LogP contribution in [0.4, 0.5) is 0 Å². The van der Waals surface area contributed by atoms with Crippen LogP contribution in [0.15, 0.2) is 0 Å². The molecule has 0 rings (SSSR count). The summed E-state index contributed by atoms with van der Waals surface area (Å²) in [5.74, 6) is -0.868. The number of ether oxygens (including phenoxy) is 1. The molecule has 0 saturated carbocycles. The molecule has 6 nitrogen and oxygen atoms in total. The minimum atomic E-state index is -0.859. The highest BCUT2D eigenvalue weighted by molar-refractivity contribution is 5.69. The van der Waals surface area contributed by atoms with Crippen LogP contribution in [0.2, 0.25) is 0 Å². The normalized spacial score (nSPS) is 20.8. The standard InChI is InChI=1S/C22H45NO5/c1-9-11-28-22(7,19(24)10-2)23(8)15-17(4)14-21(6,27)13-16(3)12-18(5)20(25)26/h16-19,24,27H,9-15H2,1-8H3,(H,25,26)/t16-,17+,18+,19-,21?,22-/m0/s1. The van der Waals surface area contributed by atoms with Gasteiger partial charge in [-0.1, -0.05) is 34.6 Å². The van der Waals surface area contributed by atoms with Crippen LogP contribution in [-0.2, 0) is 9.53 Å². The SMILES string of the molecule is CCCO[C@@](C)([C@@H](O)CC)N(C)C[C@H](C)CC(C)(O)C[C@@H](C)C[C@@H](C)C(=O)O. The molecule has 0 aromatic rings. The molecular formula is C22H45NO5. The summed E-state index contributed by atoms with van der Waals surface area (Å²) in [4.78, 5) is 13.1. The van der Waals surface area contributed by atoms with Crippen LogP contribution in [0.25, 0.3) is 0 Å². The largest absolute Gasteiger partial charge is 0.481 e. The van der Waals surface area contributed by atoms with Crippen molar-refractivity contribution in [3.63, 3.8) is 0 Å². The number of carboxylic acids is 1. The second-order valence-corrected chi connectivity index (χ2v) is 9.30. The zero-order valence-electron chi connectivity index (χ0n) is 19.4. The Morgan fingerprint density at radius 1 is 1.11 bits per heavy atom. The van der Waals surface area contributed by atoms with Crippen molar-refractivity contribution in [1.29, 1.82) is 0 Å². The molecule has 6 atom stereocenters. The van der Waals surface area contributed by atoms with E-state index in [-0.39, 0.29) is 11.8 Å². The average molecular weight is 404 g/mol. The zero-order valence-corrected chi connectivity index (χ0v) is 19.4. The maximum absolute atomic E-state index is 11.0. The predicted octanol–water partition coefficient (Wildman–Crippen LogP) is 3.75. The van der Waals surface area contributed by atoms with Crippen molar-refractivity contribution in [2.45, 2.75) is 98.0 Å². The average Bonchev–Trinajstić information content (AvgIpc) is 2.56. The fraction of sp³-hybridized carbons (Fsp3) is 0.955. The first kappa shape index (κ1) is 27.3. The molecule has 168 valence electrons. The molecule has 6 heteroatoms. The summed E-state index contributed by atoms with van der Waals surface area (Å²) in [6.07, 6.45) is 2.64. The predicted molar refractivity (Wildman–Crippen MR) is 113 cm³/mol. The molecular weight excluding hydrogens is 358 g/mol. The van der Waals surface area contributed by atoms with Gasteiger partial charge in [-0.25, -0.2) is 0 Å². The summed E-state index contributed by atoms with van der Waals surface area (Å²) in [6, 6.07) is 0. The molecule has 0 saturated heterocycles. The molecule has 28 heavy (non-hydrogen) atoms. The van der Waals surface area contributed by atoms with Crippen molar-refractivity contribution in [3.05, 3.63) is 0 Å². The van der Waals surface area contributed by atoms with Crippen LogP contribution in [0.1, 0.15) is 80.6 Å². The number of aliphatic hydroxyl groups excluding tert-OH is 1. The van der Waals surface area contributed by atoms with Crippen molar-refractivity contribution in [3.8, 4) is 0 Å². The summed E-state index contributed by atoms with van der Waals surface area (Å²) in [7, 11) is 1.96. The van der Waals surface area contributed by atoms with Gasteiger partial charge >= 0.3 is 5.97 Å². The Balaban J connectivity index is 4.85. The highest BCUT2D eigenvalue weighted by Crippen LogP contribution is 2.30. The summed E-state index contributed by atoms with van der Waals surface area (Å²) in [6.45, 7) is 14.8. The first-order valence-corrected chi connectivity index (χ1v) is 10.8. The first-order chi connectivity index (χ1) is 12.8. The molecule has 0 spiro atoms. The van der Waals surface area contributed by atoms with Gasteiger partial charge < -0.3 is 20.1 Å². The van der Waals surface area contributed by atoms with E-state index in [4.69, 9.17) is 9.84 Å². The van der Waals surface area contributed by atoms with Gasteiger partial charge in [0, 0.05) is 13.2 Å². The second-order valence-electron chi connectivity index (χ2n) is 9.30. The van der Waals surface area contributed by atoms with Crippen molar-refractivity contribution in [2.75, 3.05) is 20.2 Å². The minimum absolute atomic E-state index is 0.131. The Bertz CT molecular complexity index is 456. The molecule has 0 aliphatic heterocycles. The van der Waals surface area contributed by atoms with Gasteiger partial charge in [0.2, 0.25) is 0 Å². The fourth-order valence-corrected chi connectivity index (χ4v) is 4.23. The van der Waals surface area contributed by atoms with Crippen LogP contribution >= 0.6 is 0 Å². The van der Waals surface area contributed by atoms with E-state index in [1.807, 2.05) is 46.6 Å². The Hall–Kier alpha value is -0.690. The third-order valence-corrected chi connectivity index (χ3v) is 5.70. The fourth-order valence-electron chi connectivity index (χ4n) is 4.23. The van der Waals surface area contributed by atoms with E-state index in [1.165, 1.54) is 0 Å². The van der Waals surface area contributed by atoms with Gasteiger partial charge in [0.15, 0.2) is 0 Å². The summed E-state index contributed by atoms with van der Waals surface area (Å²) in [5, 5.41) is 30.5. The lowest BCUT2D eigenvalue weighted by Crippen LogP contribution is -2.56. The zero-order chi connectivity index (χ0) is 22.1. The van der Waals surface area contributed by atoms with Gasteiger partial charge in [-0.15, -0.1) is 0 Å². The maximum atomic E-state index is 11.0. The lowest BCUT2D eigenvalue weighted by molar-refractivity contribution is -0.199. The third-order valence-electron chi connectivity index (χ3n) is 5.70. The van der Waals surface area contributed by atoms with Gasteiger partial charge in [-0.05, 0) is 64.8 Å². The van der Waals surface area contributed by atoms with Gasteiger partial charge in [0.25, 0.3) is 0 Å². The molecule has 0 fully saturated rings. The van der Waals surface area contributed by atoms with Crippen molar-refractivity contribution in [1.82, 2.24) is 4.90 Å². The number of carboxylic acid groups (broad SMARTS) is 1. The molecule has 0 aromatic heterocycles. The van der Waals surface area contributed by atoms with E-state index in [2.05, 4.69) is 6.92 Å². The van der Waals surface area contributed by atoms with E-state index in [0.29, 0.717) is 38.8 Å². The summed E-state index contributed by atoms with van der Waals surface area (Å²) >= 11 is 0. The topological polar surface area (TPSA) is 90.2 Å². The highest BCUT2D eigenvalue weighted by atomic mass is 16.5. The van der Waals surface area contributed by atoms with Crippen molar-refractivity contribution >= 4 is 5.97 Å². The third kappa shape index (κ3) is 9.21. The Labute approximate surface area is 172 Å². The summed E-state index contributed by atoms with van der Waals surface area (Å²) < 4.78 is 6.01. The van der Waals surface area contributed by atoms with Crippen LogP contribution in [0.3, 0.4) is 0 Å². The number of likely N-dealkylation sites (N-methyl/N-ethyl adjacent to an activating group) is 1. The number of rotatable bonds is 15. The lowest BCUT2D eigenvalue weighted by Gasteiger charge is -2.43. The van der Waals surface area contributed by atoms with Crippen LogP contribution in [0, 0.1) is 17.8 Å². The van der Waals surface area contributed by atoms with E-state index >= 15 is 0 Å². The second kappa shape index (κ2) is 12.1. The lowest BCUT2D eigenvalue weighted by atomic mass is 9.82. The van der Waals surface area contributed by atoms with Gasteiger partial charge in [0.05, 0.1) is 17.6 Å². The molecule has 0 amide bonds. The van der Waals surface area contributed by atoms with E-state index < -0.39 is 29.3 Å². The van der Waals surface area contributed by atoms with Gasteiger partial charge in [-0.3, -0.25) is 9.69 Å². The number of aliphatic hydroxyl groups is 2. The van der Waals surface area contributed by atoms with E-state index in [0.717, 1.165) is 6.42 Å². The molecule has 3 N–H and O–H groups in total. The van der Waals surface area contributed by atoms with Crippen LogP contribution in [0.5, 0.6) is 0 Å². The number of carbonyl (C=O) groups is 1. The van der Waals surface area contributed by atoms with Crippen LogP contribution < -0.4 is 0 Å². The van der Waals surface area contributed by atoms with E-state index in [1.54, 1.807) is 6.92 Å². The first-order valence-electron chi connectivity index (χ1n) is 10.8. The highest BCUT2D eigenvalue weighted by Gasteiger charge is 2.38. The molecule has 0 aromatic carbocycles. The molecule has 0 aliphatic carbocycles. The Kier molecular flexibility index (Phi) is 11.8. The molecule has 0 heterocycles. The minimum Gasteiger partial charge on any atom is -0.481 e. The Morgan fingerprint density at radius 3 is 2.11 bits per heavy atom. The Morgan fingerprint density at radius 2 is 1.64 bits per heavy atom. The number of hydrogen-bond acceptors (Lipinski definition) is 5. The quantitative estimate of drug-likeness (QED) is 0.361. The van der Waals surface area contributed by atoms with Gasteiger partial charge in [-0.2, -0.15) is 0 Å². The van der Waals surface area contributed by atoms with E-state index in [9.17, 15) is 15.0 Å². The molecule has 1 unspecified atom stereocenters.